The number of nitrogens with zero attached hydrogens (tertiary/aromatic N) is 1. The minimum atomic E-state index is -1.26. The molecule has 1 saturated heterocycles. The summed E-state index contributed by atoms with van der Waals surface area (Å²) in [4.78, 5) is 38.0. The van der Waals surface area contributed by atoms with E-state index >= 15 is 0 Å². The van der Waals surface area contributed by atoms with E-state index in [-0.39, 0.29) is 12.2 Å². The van der Waals surface area contributed by atoms with Crippen molar-refractivity contribution < 1.29 is 23.9 Å². The molecule has 0 bridgehead atoms. The molecule has 0 saturated carbocycles. The number of benzene rings is 1. The fraction of sp³-hybridized carbons (Fsp3) is 0.471. The van der Waals surface area contributed by atoms with E-state index in [9.17, 15) is 14.4 Å². The van der Waals surface area contributed by atoms with Gasteiger partial charge in [-0.3, -0.25) is 9.69 Å². The number of ketones is 1. The Bertz CT molecular complexity index is 605. The van der Waals surface area contributed by atoms with Crippen molar-refractivity contribution in [1.29, 1.82) is 0 Å². The average Bonchev–Trinajstić information content (AvgIpc) is 2.83. The molecule has 6 nitrogen and oxygen atoms in total. The zero-order valence-corrected chi connectivity index (χ0v) is 13.7. The Morgan fingerprint density at radius 3 is 2.30 bits per heavy atom. The maximum absolute atomic E-state index is 12.6. The first kappa shape index (κ1) is 17.0. The lowest BCUT2D eigenvalue weighted by Gasteiger charge is -2.30. The van der Waals surface area contributed by atoms with Gasteiger partial charge in [0.15, 0.2) is 11.8 Å². The quantitative estimate of drug-likeness (QED) is 0.618. The SMILES string of the molecule is COC(=O)[C@@H]1C(=O)C[C@H](c2ccccc2)N1C(=O)OC(C)(C)C. The standard InChI is InChI=1S/C17H21NO5/c1-17(2,3)23-16(21)18-12(11-8-6-5-7-9-11)10-13(19)14(18)15(20)22-4/h5-9,12,14H,10H2,1-4H3/t12-,14+/m1/s1. The zero-order valence-electron chi connectivity index (χ0n) is 13.7. The van der Waals surface area contributed by atoms with Gasteiger partial charge in [0.05, 0.1) is 13.2 Å². The summed E-state index contributed by atoms with van der Waals surface area (Å²) in [7, 11) is 1.19. The highest BCUT2D eigenvalue weighted by molar-refractivity contribution is 6.07. The second kappa shape index (κ2) is 6.40. The molecule has 0 N–H and O–H groups in total. The molecule has 1 amide bonds. The van der Waals surface area contributed by atoms with Crippen molar-refractivity contribution >= 4 is 17.8 Å². The van der Waals surface area contributed by atoms with E-state index in [2.05, 4.69) is 0 Å². The molecule has 0 radical (unpaired) electrons. The first-order chi connectivity index (χ1) is 10.7. The van der Waals surface area contributed by atoms with Gasteiger partial charge in [-0.05, 0) is 26.3 Å². The highest BCUT2D eigenvalue weighted by Gasteiger charge is 2.49. The van der Waals surface area contributed by atoms with Crippen molar-refractivity contribution in [1.82, 2.24) is 4.90 Å². The van der Waals surface area contributed by atoms with Gasteiger partial charge < -0.3 is 9.47 Å². The van der Waals surface area contributed by atoms with E-state index in [1.807, 2.05) is 30.3 Å². The Hall–Kier alpha value is -2.37. The van der Waals surface area contributed by atoms with E-state index in [0.717, 1.165) is 5.56 Å². The summed E-state index contributed by atoms with van der Waals surface area (Å²) >= 11 is 0. The lowest BCUT2D eigenvalue weighted by Crippen LogP contribution is -2.47. The van der Waals surface area contributed by atoms with Gasteiger partial charge in [0.1, 0.15) is 5.60 Å². The molecule has 124 valence electrons. The molecule has 0 aliphatic carbocycles. The van der Waals surface area contributed by atoms with Crippen LogP contribution in [-0.2, 0) is 19.1 Å². The van der Waals surface area contributed by atoms with Crippen molar-refractivity contribution in [3.63, 3.8) is 0 Å². The molecule has 1 aromatic rings. The fourth-order valence-electron chi connectivity index (χ4n) is 2.59. The van der Waals surface area contributed by atoms with E-state index in [0.29, 0.717) is 0 Å². The number of esters is 1. The summed E-state index contributed by atoms with van der Waals surface area (Å²) < 4.78 is 10.1. The van der Waals surface area contributed by atoms with Crippen molar-refractivity contribution in [3.8, 4) is 0 Å². The van der Waals surface area contributed by atoms with Gasteiger partial charge in [0.2, 0.25) is 0 Å². The van der Waals surface area contributed by atoms with Crippen LogP contribution in [-0.4, -0.2) is 41.5 Å². The van der Waals surface area contributed by atoms with Crippen LogP contribution < -0.4 is 0 Å². The third kappa shape index (κ3) is 3.70. The van der Waals surface area contributed by atoms with E-state index in [4.69, 9.17) is 9.47 Å². The summed E-state index contributed by atoms with van der Waals surface area (Å²) in [6.07, 6.45) is -0.643. The topological polar surface area (TPSA) is 72.9 Å². The van der Waals surface area contributed by atoms with Gasteiger partial charge in [-0.1, -0.05) is 30.3 Å². The van der Waals surface area contributed by atoms with Gasteiger partial charge in [0, 0.05) is 6.42 Å². The van der Waals surface area contributed by atoms with Crippen molar-refractivity contribution in [2.45, 2.75) is 44.9 Å². The maximum atomic E-state index is 12.6. The predicted octanol–water partition coefficient (Wildman–Crippen LogP) is 2.48. The molecule has 1 aliphatic rings. The number of hydrogen-bond acceptors (Lipinski definition) is 5. The third-order valence-corrected chi connectivity index (χ3v) is 3.53. The predicted molar refractivity (Wildman–Crippen MR) is 82.7 cm³/mol. The second-order valence-corrected chi connectivity index (χ2v) is 6.41. The first-order valence-corrected chi connectivity index (χ1v) is 7.41. The molecule has 1 heterocycles. The van der Waals surface area contributed by atoms with Crippen molar-refractivity contribution in [3.05, 3.63) is 35.9 Å². The molecular formula is C17H21NO5. The Kier molecular flexibility index (Phi) is 4.73. The fourth-order valence-corrected chi connectivity index (χ4v) is 2.59. The van der Waals surface area contributed by atoms with Gasteiger partial charge in [-0.25, -0.2) is 9.59 Å². The lowest BCUT2D eigenvalue weighted by atomic mass is 10.0. The van der Waals surface area contributed by atoms with Crippen LogP contribution in [0, 0.1) is 0 Å². The number of carbonyl (C=O) groups is 3. The molecule has 0 spiro atoms. The number of rotatable bonds is 2. The van der Waals surface area contributed by atoms with Crippen LogP contribution in [0.4, 0.5) is 4.79 Å². The Labute approximate surface area is 135 Å². The number of likely N-dealkylation sites (tertiary alicyclic amines) is 1. The molecule has 2 rings (SSSR count). The van der Waals surface area contributed by atoms with Gasteiger partial charge in [0.25, 0.3) is 0 Å². The summed E-state index contributed by atoms with van der Waals surface area (Å²) in [5, 5.41) is 0. The number of amides is 1. The number of carbonyl (C=O) groups excluding carboxylic acids is 3. The number of methoxy groups -OCH3 is 1. The van der Waals surface area contributed by atoms with Crippen LogP contribution in [0.2, 0.25) is 0 Å². The first-order valence-electron chi connectivity index (χ1n) is 7.41. The average molecular weight is 319 g/mol. The highest BCUT2D eigenvalue weighted by Crippen LogP contribution is 2.35. The van der Waals surface area contributed by atoms with Crippen molar-refractivity contribution in [2.24, 2.45) is 0 Å². The molecule has 1 fully saturated rings. The Morgan fingerprint density at radius 2 is 1.78 bits per heavy atom. The molecule has 1 aromatic carbocycles. The molecule has 0 aromatic heterocycles. The van der Waals surface area contributed by atoms with Crippen LogP contribution in [0.1, 0.15) is 38.8 Å². The summed E-state index contributed by atoms with van der Waals surface area (Å²) in [5.41, 5.74) is 0.0445. The van der Waals surface area contributed by atoms with Crippen LogP contribution in [0.25, 0.3) is 0 Å². The van der Waals surface area contributed by atoms with Crippen LogP contribution in [0.5, 0.6) is 0 Å². The minimum absolute atomic E-state index is 0.0586. The Balaban J connectivity index is 2.40. The minimum Gasteiger partial charge on any atom is -0.467 e. The van der Waals surface area contributed by atoms with Crippen LogP contribution >= 0.6 is 0 Å². The number of hydrogen-bond donors (Lipinski definition) is 0. The summed E-state index contributed by atoms with van der Waals surface area (Å²) in [6, 6.07) is 7.31. The van der Waals surface area contributed by atoms with Crippen LogP contribution in [0.3, 0.4) is 0 Å². The largest absolute Gasteiger partial charge is 0.467 e. The molecular weight excluding hydrogens is 298 g/mol. The Morgan fingerprint density at radius 1 is 1.17 bits per heavy atom. The molecule has 0 unspecified atom stereocenters. The summed E-state index contributed by atoms with van der Waals surface area (Å²) in [6.45, 7) is 5.19. The summed E-state index contributed by atoms with van der Waals surface area (Å²) in [5.74, 6) is -1.10. The van der Waals surface area contributed by atoms with Crippen molar-refractivity contribution in [2.75, 3.05) is 7.11 Å². The van der Waals surface area contributed by atoms with E-state index in [1.54, 1.807) is 20.8 Å². The van der Waals surface area contributed by atoms with E-state index in [1.165, 1.54) is 12.0 Å². The third-order valence-electron chi connectivity index (χ3n) is 3.53. The van der Waals surface area contributed by atoms with Gasteiger partial charge in [-0.15, -0.1) is 0 Å². The van der Waals surface area contributed by atoms with Gasteiger partial charge in [-0.2, -0.15) is 0 Å². The molecule has 1 aliphatic heterocycles. The highest BCUT2D eigenvalue weighted by atomic mass is 16.6. The second-order valence-electron chi connectivity index (χ2n) is 6.41. The van der Waals surface area contributed by atoms with Gasteiger partial charge >= 0.3 is 12.1 Å². The van der Waals surface area contributed by atoms with E-state index < -0.39 is 29.7 Å². The zero-order chi connectivity index (χ0) is 17.2. The molecule has 2 atom stereocenters. The number of Topliss-reactive ketones (excluding diaryl/α,β-unsaturated/α-hetero) is 1. The smallest absolute Gasteiger partial charge is 0.411 e. The molecule has 23 heavy (non-hydrogen) atoms. The lowest BCUT2D eigenvalue weighted by molar-refractivity contribution is -0.148. The maximum Gasteiger partial charge on any atom is 0.411 e. The normalized spacial score (nSPS) is 21.2. The van der Waals surface area contributed by atoms with Crippen LogP contribution in [0.15, 0.2) is 30.3 Å². The molecule has 6 heteroatoms. The number of ether oxygens (including phenoxy) is 2. The monoisotopic (exact) mass is 319 g/mol.